The van der Waals surface area contributed by atoms with Gasteiger partial charge in [0.15, 0.2) is 0 Å². The van der Waals surface area contributed by atoms with Gasteiger partial charge < -0.3 is 5.11 Å². The van der Waals surface area contributed by atoms with Gasteiger partial charge in [-0.15, -0.1) is 0 Å². The molecule has 0 fully saturated rings. The number of carbonyl (C=O) groups excluding carboxylic acids is 1. The molecule has 0 aliphatic carbocycles. The number of hydrogen-bond acceptors (Lipinski definition) is 2. The molecule has 98 valence electrons. The Hall–Kier alpha value is -1.16. The van der Waals surface area contributed by atoms with E-state index in [0.717, 1.165) is 30.2 Å². The molecule has 0 bridgehead atoms. The third-order valence-electron chi connectivity index (χ3n) is 2.69. The highest BCUT2D eigenvalue weighted by Gasteiger charge is 2.05. The first-order valence-corrected chi connectivity index (χ1v) is 7.15. The molecule has 0 saturated heterocycles. The summed E-state index contributed by atoms with van der Waals surface area (Å²) in [6, 6.07) is 6.49. The molecule has 0 atom stereocenters. The van der Waals surface area contributed by atoms with E-state index in [9.17, 15) is 9.59 Å². The van der Waals surface area contributed by atoms with Gasteiger partial charge in [-0.3, -0.25) is 4.79 Å². The van der Waals surface area contributed by atoms with Gasteiger partial charge in [0.1, 0.15) is 5.78 Å². The highest BCUT2D eigenvalue weighted by atomic mass is 79.9. The van der Waals surface area contributed by atoms with Crippen LogP contribution in [0, 0.1) is 0 Å². The van der Waals surface area contributed by atoms with Crippen molar-refractivity contribution in [1.29, 1.82) is 0 Å². The second kappa shape index (κ2) is 8.03. The zero-order valence-corrected chi connectivity index (χ0v) is 11.8. The van der Waals surface area contributed by atoms with Gasteiger partial charge in [-0.1, -0.05) is 34.5 Å². The van der Waals surface area contributed by atoms with Gasteiger partial charge in [0.25, 0.3) is 0 Å². The quantitative estimate of drug-likeness (QED) is 0.591. The molecular weight excluding hydrogens is 296 g/mol. The molecule has 0 amide bonds. The lowest BCUT2D eigenvalue weighted by Crippen LogP contribution is -2.03. The molecule has 0 radical (unpaired) electrons. The molecule has 0 heterocycles. The normalized spacial score (nSPS) is 10.3. The maximum atomic E-state index is 11.7. The van der Waals surface area contributed by atoms with Crippen LogP contribution in [0.15, 0.2) is 24.3 Å². The second-order valence-corrected chi connectivity index (χ2v) is 5.01. The number of unbranched alkanes of at least 4 members (excludes halogenated alkanes) is 2. The summed E-state index contributed by atoms with van der Waals surface area (Å²) in [6.45, 7) is 0. The monoisotopic (exact) mass is 312 g/mol. The number of Topliss-reactive ketones (excluding diaryl/α,β-unsaturated/α-hetero) is 1. The fourth-order valence-corrected chi connectivity index (χ4v) is 2.07. The molecule has 3 nitrogen and oxygen atoms in total. The Bertz CT molecular complexity index is 398. The summed E-state index contributed by atoms with van der Waals surface area (Å²) in [5, 5.41) is 9.74. The number of carboxylic acid groups (broad SMARTS) is 1. The van der Waals surface area contributed by atoms with Gasteiger partial charge in [-0.05, 0) is 30.5 Å². The molecule has 18 heavy (non-hydrogen) atoms. The molecule has 0 aliphatic heterocycles. The zero-order valence-electron chi connectivity index (χ0n) is 10.2. The predicted octanol–water partition coefficient (Wildman–Crippen LogP) is 3.45. The number of rotatable bonds is 8. The van der Waals surface area contributed by atoms with Crippen molar-refractivity contribution >= 4 is 27.7 Å². The van der Waals surface area contributed by atoms with E-state index in [1.54, 1.807) is 12.1 Å². The fraction of sp³-hybridized carbons (Fsp3) is 0.429. The van der Waals surface area contributed by atoms with E-state index in [1.807, 2.05) is 0 Å². The van der Waals surface area contributed by atoms with E-state index in [2.05, 4.69) is 15.9 Å². The first-order valence-electron chi connectivity index (χ1n) is 6.03. The van der Waals surface area contributed by atoms with Crippen LogP contribution < -0.4 is 0 Å². The number of benzene rings is 1. The molecule has 0 aliphatic rings. The van der Waals surface area contributed by atoms with E-state index in [1.165, 1.54) is 12.1 Å². The maximum absolute atomic E-state index is 11.7. The van der Waals surface area contributed by atoms with Crippen molar-refractivity contribution in [1.82, 2.24) is 0 Å². The molecule has 1 aromatic carbocycles. The number of carbonyl (C=O) groups is 2. The molecule has 0 unspecified atom stereocenters. The molecule has 1 N–H and O–H groups in total. The summed E-state index contributed by atoms with van der Waals surface area (Å²) in [7, 11) is 0. The SMILES string of the molecule is O=C(CCCCCBr)Cc1ccc(C(=O)O)cc1. The number of hydrogen-bond donors (Lipinski definition) is 1. The molecule has 1 rings (SSSR count). The lowest BCUT2D eigenvalue weighted by Gasteiger charge is -2.02. The van der Waals surface area contributed by atoms with Crippen LogP contribution in [0.3, 0.4) is 0 Å². The van der Waals surface area contributed by atoms with Crippen LogP contribution in [-0.2, 0) is 11.2 Å². The standard InChI is InChI=1S/C14H17BrO3/c15-9-3-1-2-4-13(16)10-11-5-7-12(8-6-11)14(17)18/h5-8H,1-4,9-10H2,(H,17,18). The minimum absolute atomic E-state index is 0.215. The average molecular weight is 313 g/mol. The predicted molar refractivity (Wildman–Crippen MR) is 74.4 cm³/mol. The van der Waals surface area contributed by atoms with Crippen LogP contribution in [-0.4, -0.2) is 22.2 Å². The Labute approximate surface area is 115 Å². The summed E-state index contributed by atoms with van der Waals surface area (Å²) in [5.74, 6) is -0.727. The van der Waals surface area contributed by atoms with E-state index < -0.39 is 5.97 Å². The number of aromatic carboxylic acids is 1. The molecule has 1 aromatic rings. The van der Waals surface area contributed by atoms with E-state index >= 15 is 0 Å². The van der Waals surface area contributed by atoms with Crippen molar-refractivity contribution < 1.29 is 14.7 Å². The van der Waals surface area contributed by atoms with Crippen LogP contribution in [0.1, 0.15) is 41.6 Å². The van der Waals surface area contributed by atoms with Gasteiger partial charge in [-0.2, -0.15) is 0 Å². The van der Waals surface area contributed by atoms with E-state index in [4.69, 9.17) is 5.11 Å². The van der Waals surface area contributed by atoms with Crippen molar-refractivity contribution in [3.8, 4) is 0 Å². The van der Waals surface area contributed by atoms with Crippen molar-refractivity contribution in [3.63, 3.8) is 0 Å². The molecule has 4 heteroatoms. The third kappa shape index (κ3) is 5.45. The summed E-state index contributed by atoms with van der Waals surface area (Å²) >= 11 is 3.36. The van der Waals surface area contributed by atoms with E-state index in [0.29, 0.717) is 12.8 Å². The van der Waals surface area contributed by atoms with Gasteiger partial charge >= 0.3 is 5.97 Å². The first-order chi connectivity index (χ1) is 8.63. The first kappa shape index (κ1) is 14.9. The highest BCUT2D eigenvalue weighted by Crippen LogP contribution is 2.09. The highest BCUT2D eigenvalue weighted by molar-refractivity contribution is 9.09. The Kier molecular flexibility index (Phi) is 6.65. The minimum atomic E-state index is -0.942. The van der Waals surface area contributed by atoms with Gasteiger partial charge in [0.2, 0.25) is 0 Å². The third-order valence-corrected chi connectivity index (χ3v) is 3.25. The summed E-state index contributed by atoms with van der Waals surface area (Å²) in [6.07, 6.45) is 4.09. The minimum Gasteiger partial charge on any atom is -0.478 e. The largest absolute Gasteiger partial charge is 0.478 e. The van der Waals surface area contributed by atoms with Crippen molar-refractivity contribution in [3.05, 3.63) is 35.4 Å². The number of halogens is 1. The zero-order chi connectivity index (χ0) is 13.4. The fourth-order valence-electron chi connectivity index (χ4n) is 1.67. The molecule has 0 saturated carbocycles. The van der Waals surface area contributed by atoms with Gasteiger partial charge in [-0.25, -0.2) is 4.79 Å². The Balaban J connectivity index is 2.37. The Morgan fingerprint density at radius 2 is 1.72 bits per heavy atom. The topological polar surface area (TPSA) is 54.4 Å². The smallest absolute Gasteiger partial charge is 0.335 e. The van der Waals surface area contributed by atoms with Gasteiger partial charge in [0.05, 0.1) is 5.56 Å². The van der Waals surface area contributed by atoms with Crippen LogP contribution in [0.5, 0.6) is 0 Å². The summed E-state index contributed by atoms with van der Waals surface area (Å²) in [5.41, 5.74) is 1.13. The van der Waals surface area contributed by atoms with Crippen LogP contribution in [0.2, 0.25) is 0 Å². The Morgan fingerprint density at radius 3 is 2.28 bits per heavy atom. The van der Waals surface area contributed by atoms with E-state index in [-0.39, 0.29) is 11.3 Å². The van der Waals surface area contributed by atoms with Crippen molar-refractivity contribution in [2.75, 3.05) is 5.33 Å². The molecular formula is C14H17BrO3. The lowest BCUT2D eigenvalue weighted by atomic mass is 10.0. The molecule has 0 aromatic heterocycles. The number of carboxylic acids is 1. The molecule has 0 spiro atoms. The lowest BCUT2D eigenvalue weighted by molar-refractivity contribution is -0.118. The van der Waals surface area contributed by atoms with Gasteiger partial charge in [0, 0.05) is 18.2 Å². The van der Waals surface area contributed by atoms with Crippen molar-refractivity contribution in [2.45, 2.75) is 32.1 Å². The summed E-state index contributed by atoms with van der Waals surface area (Å²) in [4.78, 5) is 22.3. The number of alkyl halides is 1. The Morgan fingerprint density at radius 1 is 1.06 bits per heavy atom. The van der Waals surface area contributed by atoms with Crippen molar-refractivity contribution in [2.24, 2.45) is 0 Å². The average Bonchev–Trinajstić information content (AvgIpc) is 2.35. The van der Waals surface area contributed by atoms with Crippen LogP contribution >= 0.6 is 15.9 Å². The number of ketones is 1. The maximum Gasteiger partial charge on any atom is 0.335 e. The van der Waals surface area contributed by atoms with Crippen LogP contribution in [0.4, 0.5) is 0 Å². The van der Waals surface area contributed by atoms with Crippen LogP contribution in [0.25, 0.3) is 0 Å². The summed E-state index contributed by atoms with van der Waals surface area (Å²) < 4.78 is 0. The second-order valence-electron chi connectivity index (χ2n) is 4.22.